The molecule has 0 saturated carbocycles. The number of anilines is 1. The predicted molar refractivity (Wildman–Crippen MR) is 83.8 cm³/mol. The molecule has 0 fully saturated rings. The smallest absolute Gasteiger partial charge is 0.268 e. The maximum atomic E-state index is 11.9. The highest BCUT2D eigenvalue weighted by Gasteiger charge is 2.21. The minimum atomic E-state index is -0.655. The number of nitrogens with zero attached hydrogens (tertiary/aromatic N) is 2. The minimum absolute atomic E-state index is 0.0190. The van der Waals surface area contributed by atoms with Gasteiger partial charge in [-0.25, -0.2) is 0 Å². The summed E-state index contributed by atoms with van der Waals surface area (Å²) in [6.07, 6.45) is 0. The number of hydrogen-bond acceptors (Lipinski definition) is 4. The van der Waals surface area contributed by atoms with Gasteiger partial charge in [0.15, 0.2) is 0 Å². The Kier molecular flexibility index (Phi) is 4.04. The molecule has 0 atom stereocenters. The first-order valence-electron chi connectivity index (χ1n) is 5.72. The van der Waals surface area contributed by atoms with Gasteiger partial charge in [0.25, 0.3) is 5.56 Å². The number of benzene rings is 1. The molecule has 1 aromatic heterocycles. The van der Waals surface area contributed by atoms with Gasteiger partial charge < -0.3 is 10.7 Å². The molecule has 0 radical (unpaired) electrons. The molecular weight excluding hydrogens is 356 g/mol. The lowest BCUT2D eigenvalue weighted by Crippen LogP contribution is -2.16. The largest absolute Gasteiger partial charge is 0.384 e. The molecule has 0 aliphatic heterocycles. The van der Waals surface area contributed by atoms with Crippen molar-refractivity contribution < 1.29 is 0 Å². The molecule has 104 valence electrons. The van der Waals surface area contributed by atoms with Crippen molar-refractivity contribution in [2.45, 2.75) is 6.92 Å². The number of hydrogen-bond donors (Lipinski definition) is 2. The molecule has 5 nitrogen and oxygen atoms in total. The van der Waals surface area contributed by atoms with Gasteiger partial charge in [-0.3, -0.25) is 4.79 Å². The summed E-state index contributed by atoms with van der Waals surface area (Å²) in [5.41, 5.74) is 6.26. The van der Waals surface area contributed by atoms with Crippen LogP contribution in [0.5, 0.6) is 0 Å². The number of pyridine rings is 1. The number of halogens is 2. The minimum Gasteiger partial charge on any atom is -0.384 e. The number of H-pyrrole nitrogens is 1. The summed E-state index contributed by atoms with van der Waals surface area (Å²) in [6, 6.07) is 7.21. The van der Waals surface area contributed by atoms with Crippen LogP contribution >= 0.6 is 27.5 Å². The van der Waals surface area contributed by atoms with E-state index < -0.39 is 5.56 Å². The molecule has 2 aromatic rings. The first-order chi connectivity index (χ1) is 9.90. The van der Waals surface area contributed by atoms with Crippen molar-refractivity contribution in [1.82, 2.24) is 4.98 Å². The van der Waals surface area contributed by atoms with Gasteiger partial charge in [-0.1, -0.05) is 11.6 Å². The fraction of sp³-hybridized carbons (Fsp3) is 0.0714. The molecule has 0 amide bonds. The van der Waals surface area contributed by atoms with E-state index in [9.17, 15) is 15.3 Å². The molecule has 3 N–H and O–H groups in total. The van der Waals surface area contributed by atoms with Gasteiger partial charge in [0.1, 0.15) is 29.1 Å². The Labute approximate surface area is 133 Å². The molecule has 0 spiro atoms. The van der Waals surface area contributed by atoms with Crippen LogP contribution in [0.2, 0.25) is 5.02 Å². The first kappa shape index (κ1) is 15.1. The SMILES string of the molecule is Cc1cc(Br)c(Cl)c(-c2c(C#N)c(N)[nH]c(=O)c2C#N)c1. The zero-order valence-corrected chi connectivity index (χ0v) is 13.1. The average molecular weight is 364 g/mol. The van der Waals surface area contributed by atoms with Crippen molar-refractivity contribution in [3.63, 3.8) is 0 Å². The van der Waals surface area contributed by atoms with E-state index in [0.29, 0.717) is 15.1 Å². The highest BCUT2D eigenvalue weighted by atomic mass is 79.9. The lowest BCUT2D eigenvalue weighted by molar-refractivity contribution is 1.21. The molecule has 1 aromatic carbocycles. The van der Waals surface area contributed by atoms with Gasteiger partial charge in [0.2, 0.25) is 0 Å². The maximum absolute atomic E-state index is 11.9. The van der Waals surface area contributed by atoms with Crippen LogP contribution in [0.4, 0.5) is 5.82 Å². The third kappa shape index (κ3) is 2.52. The fourth-order valence-electron chi connectivity index (χ4n) is 2.02. The van der Waals surface area contributed by atoms with Gasteiger partial charge in [0, 0.05) is 15.6 Å². The third-order valence-electron chi connectivity index (χ3n) is 2.91. The van der Waals surface area contributed by atoms with Crippen LogP contribution in [0.25, 0.3) is 11.1 Å². The third-order valence-corrected chi connectivity index (χ3v) is 4.17. The van der Waals surface area contributed by atoms with Crippen molar-refractivity contribution in [2.75, 3.05) is 5.73 Å². The number of nitrogens with two attached hydrogens (primary N) is 1. The summed E-state index contributed by atoms with van der Waals surface area (Å²) in [6.45, 7) is 1.83. The van der Waals surface area contributed by atoms with Crippen LogP contribution in [0, 0.1) is 29.6 Å². The van der Waals surface area contributed by atoms with Crippen LogP contribution in [0.3, 0.4) is 0 Å². The van der Waals surface area contributed by atoms with Gasteiger partial charge in [-0.05, 0) is 40.5 Å². The van der Waals surface area contributed by atoms with E-state index in [-0.39, 0.29) is 22.5 Å². The number of aromatic amines is 1. The maximum Gasteiger partial charge on any atom is 0.268 e. The van der Waals surface area contributed by atoms with Gasteiger partial charge in [-0.2, -0.15) is 10.5 Å². The summed E-state index contributed by atoms with van der Waals surface area (Å²) >= 11 is 9.55. The van der Waals surface area contributed by atoms with Crippen molar-refractivity contribution in [2.24, 2.45) is 0 Å². The van der Waals surface area contributed by atoms with E-state index in [1.807, 2.05) is 13.0 Å². The Morgan fingerprint density at radius 1 is 1.29 bits per heavy atom. The van der Waals surface area contributed by atoms with Gasteiger partial charge in [-0.15, -0.1) is 0 Å². The molecule has 0 aliphatic rings. The van der Waals surface area contributed by atoms with Crippen LogP contribution in [0.1, 0.15) is 16.7 Å². The number of nitriles is 2. The van der Waals surface area contributed by atoms with Crippen molar-refractivity contribution >= 4 is 33.3 Å². The molecular formula is C14H8BrClN4O. The number of aryl methyl sites for hydroxylation is 1. The first-order valence-corrected chi connectivity index (χ1v) is 6.89. The van der Waals surface area contributed by atoms with E-state index >= 15 is 0 Å². The Bertz CT molecular complexity index is 890. The second-order valence-corrected chi connectivity index (χ2v) is 5.56. The lowest BCUT2D eigenvalue weighted by atomic mass is 9.95. The Balaban J connectivity index is 3.04. The molecule has 0 unspecified atom stereocenters. The Hall–Kier alpha value is -2.28. The van der Waals surface area contributed by atoms with E-state index in [1.165, 1.54) is 0 Å². The molecule has 0 bridgehead atoms. The summed E-state index contributed by atoms with van der Waals surface area (Å²) in [7, 11) is 0. The molecule has 21 heavy (non-hydrogen) atoms. The number of nitrogens with one attached hydrogen (secondary N) is 1. The van der Waals surface area contributed by atoms with E-state index in [0.717, 1.165) is 5.56 Å². The number of rotatable bonds is 1. The van der Waals surface area contributed by atoms with Crippen LogP contribution < -0.4 is 11.3 Å². The number of nitrogen functional groups attached to an aromatic ring is 1. The normalized spacial score (nSPS) is 9.95. The zero-order chi connectivity index (χ0) is 15.7. The second-order valence-electron chi connectivity index (χ2n) is 4.32. The lowest BCUT2D eigenvalue weighted by Gasteiger charge is -2.12. The van der Waals surface area contributed by atoms with Crippen molar-refractivity contribution in [3.05, 3.63) is 48.7 Å². The predicted octanol–water partition coefficient (Wildman–Crippen LogP) is 3.09. The van der Waals surface area contributed by atoms with Gasteiger partial charge >= 0.3 is 0 Å². The van der Waals surface area contributed by atoms with Gasteiger partial charge in [0.05, 0.1) is 5.02 Å². The van der Waals surface area contributed by atoms with E-state index in [2.05, 4.69) is 20.9 Å². The standard InChI is InChI=1S/C14H8BrClN4O/c1-6-2-7(12(16)10(15)3-6)11-8(4-17)13(19)20-14(21)9(11)5-18/h2-3H,1H3,(H3,19,20,21). The van der Waals surface area contributed by atoms with Crippen LogP contribution in [0.15, 0.2) is 21.4 Å². The molecule has 7 heteroatoms. The average Bonchev–Trinajstić information content (AvgIpc) is 2.42. The summed E-state index contributed by atoms with van der Waals surface area (Å²) in [5, 5.41) is 18.8. The molecule has 0 saturated heterocycles. The van der Waals surface area contributed by atoms with Crippen LogP contribution in [-0.2, 0) is 0 Å². The topological polar surface area (TPSA) is 106 Å². The van der Waals surface area contributed by atoms with Crippen molar-refractivity contribution in [1.29, 1.82) is 10.5 Å². The quantitative estimate of drug-likeness (QED) is 0.811. The number of aromatic nitrogens is 1. The van der Waals surface area contributed by atoms with E-state index in [4.69, 9.17) is 17.3 Å². The molecule has 2 rings (SSSR count). The summed E-state index contributed by atoms with van der Waals surface area (Å²) in [4.78, 5) is 14.2. The molecule has 1 heterocycles. The fourth-order valence-corrected chi connectivity index (χ4v) is 2.80. The summed E-state index contributed by atoms with van der Waals surface area (Å²) in [5.74, 6) is -0.0924. The summed E-state index contributed by atoms with van der Waals surface area (Å²) < 4.78 is 0.603. The second kappa shape index (κ2) is 5.61. The molecule has 0 aliphatic carbocycles. The van der Waals surface area contributed by atoms with Crippen molar-refractivity contribution in [3.8, 4) is 23.3 Å². The Morgan fingerprint density at radius 2 is 1.90 bits per heavy atom. The zero-order valence-electron chi connectivity index (χ0n) is 10.8. The highest BCUT2D eigenvalue weighted by Crippen LogP contribution is 2.38. The Morgan fingerprint density at radius 3 is 2.48 bits per heavy atom. The highest BCUT2D eigenvalue weighted by molar-refractivity contribution is 9.10. The van der Waals surface area contributed by atoms with Crippen LogP contribution in [-0.4, -0.2) is 4.98 Å². The van der Waals surface area contributed by atoms with E-state index in [1.54, 1.807) is 18.2 Å². The monoisotopic (exact) mass is 362 g/mol.